The fourth-order valence-corrected chi connectivity index (χ4v) is 2.33. The summed E-state index contributed by atoms with van der Waals surface area (Å²) < 4.78 is 15.3. The lowest BCUT2D eigenvalue weighted by Gasteiger charge is -2.12. The summed E-state index contributed by atoms with van der Waals surface area (Å²) in [5.74, 6) is 1.41. The van der Waals surface area contributed by atoms with Crippen molar-refractivity contribution in [3.8, 4) is 11.5 Å². The van der Waals surface area contributed by atoms with Crippen LogP contribution in [-0.2, 0) is 6.54 Å². The molecule has 0 bridgehead atoms. The van der Waals surface area contributed by atoms with Gasteiger partial charge in [-0.1, -0.05) is 20.4 Å². The number of hydrogen-bond donors (Lipinski definition) is 1. The summed E-state index contributed by atoms with van der Waals surface area (Å²) in [6.07, 6.45) is 1.69. The molecule has 0 unspecified atom stereocenters. The highest BCUT2D eigenvalue weighted by Crippen LogP contribution is 2.33. The third-order valence-corrected chi connectivity index (χ3v) is 3.73. The first kappa shape index (κ1) is 13.1. The number of nitrogens with zero attached hydrogens (tertiary/aromatic N) is 2. The van der Waals surface area contributed by atoms with Gasteiger partial charge in [0.2, 0.25) is 0 Å². The number of rotatable bonds is 5. The van der Waals surface area contributed by atoms with E-state index >= 15 is 0 Å². The maximum Gasteiger partial charge on any atom is 0.161 e. The molecular weight excluding hydrogens is 318 g/mol. The molecule has 0 aliphatic rings. The van der Waals surface area contributed by atoms with Crippen molar-refractivity contribution in [1.82, 2.24) is 9.59 Å². The molecule has 0 amide bonds. The summed E-state index contributed by atoms with van der Waals surface area (Å²) in [7, 11) is 3.24. The second-order valence-corrected chi connectivity index (χ2v) is 5.07. The highest BCUT2D eigenvalue weighted by molar-refractivity contribution is 9.10. The summed E-state index contributed by atoms with van der Waals surface area (Å²) >= 11 is 4.83. The number of anilines is 1. The molecule has 18 heavy (non-hydrogen) atoms. The number of methoxy groups -OCH3 is 2. The molecule has 7 heteroatoms. The maximum atomic E-state index is 5.27. The van der Waals surface area contributed by atoms with Gasteiger partial charge in [-0.15, -0.1) is 5.10 Å². The minimum Gasteiger partial charge on any atom is -0.493 e. The van der Waals surface area contributed by atoms with Gasteiger partial charge in [0.25, 0.3) is 0 Å². The number of benzene rings is 1. The fourth-order valence-electron chi connectivity index (χ4n) is 1.46. The lowest BCUT2D eigenvalue weighted by Crippen LogP contribution is -2.00. The predicted octanol–water partition coefficient (Wildman–Crippen LogP) is 2.93. The van der Waals surface area contributed by atoms with Crippen molar-refractivity contribution >= 4 is 32.5 Å². The van der Waals surface area contributed by atoms with Gasteiger partial charge in [-0.05, 0) is 17.7 Å². The van der Waals surface area contributed by atoms with E-state index in [1.54, 1.807) is 20.4 Å². The summed E-state index contributed by atoms with van der Waals surface area (Å²) in [5.41, 5.74) is 1.07. The Morgan fingerprint density at radius 1 is 1.28 bits per heavy atom. The predicted molar refractivity (Wildman–Crippen MR) is 74.5 cm³/mol. The minimum absolute atomic E-state index is 0.658. The third-order valence-electron chi connectivity index (χ3n) is 2.37. The Labute approximate surface area is 117 Å². The average Bonchev–Trinajstić information content (AvgIpc) is 2.90. The van der Waals surface area contributed by atoms with Crippen molar-refractivity contribution in [3.05, 3.63) is 28.4 Å². The lowest BCUT2D eigenvalue weighted by atomic mass is 10.2. The van der Waals surface area contributed by atoms with Crippen molar-refractivity contribution in [3.63, 3.8) is 0 Å². The molecule has 1 aromatic heterocycles. The van der Waals surface area contributed by atoms with Gasteiger partial charge >= 0.3 is 0 Å². The second-order valence-electron chi connectivity index (χ2n) is 3.43. The van der Waals surface area contributed by atoms with E-state index in [0.717, 1.165) is 15.0 Å². The van der Waals surface area contributed by atoms with Crippen LogP contribution < -0.4 is 14.8 Å². The Balaban J connectivity index is 2.17. The molecule has 1 aromatic carbocycles. The molecule has 0 spiro atoms. The molecule has 0 atom stereocenters. The van der Waals surface area contributed by atoms with E-state index in [9.17, 15) is 0 Å². The van der Waals surface area contributed by atoms with Crippen LogP contribution in [0, 0.1) is 0 Å². The Bertz CT molecular complexity index is 519. The van der Waals surface area contributed by atoms with E-state index in [-0.39, 0.29) is 0 Å². The van der Waals surface area contributed by atoms with Crippen LogP contribution in [0.2, 0.25) is 0 Å². The van der Waals surface area contributed by atoms with Crippen molar-refractivity contribution < 1.29 is 9.47 Å². The Morgan fingerprint density at radius 2 is 2.00 bits per heavy atom. The summed E-state index contributed by atoms with van der Waals surface area (Å²) in [4.78, 5) is 0. The van der Waals surface area contributed by atoms with E-state index in [0.29, 0.717) is 18.0 Å². The van der Waals surface area contributed by atoms with Gasteiger partial charge < -0.3 is 14.8 Å². The number of nitrogens with one attached hydrogen (secondary N) is 1. The van der Waals surface area contributed by atoms with Crippen LogP contribution in [0.25, 0.3) is 0 Å². The standard InChI is InChI=1S/C11H12BrN3O2S/c1-16-9-3-7(8(12)4-10(9)17-2)5-13-11-6-14-15-18-11/h3-4,6,13H,5H2,1-2H3. The smallest absolute Gasteiger partial charge is 0.161 e. The first-order chi connectivity index (χ1) is 8.74. The molecule has 5 nitrogen and oxygen atoms in total. The zero-order chi connectivity index (χ0) is 13.0. The van der Waals surface area contributed by atoms with Crippen molar-refractivity contribution in [2.45, 2.75) is 6.54 Å². The number of hydrogen-bond acceptors (Lipinski definition) is 6. The molecule has 1 N–H and O–H groups in total. The molecule has 96 valence electrons. The normalized spacial score (nSPS) is 10.2. The Kier molecular flexibility index (Phi) is 4.38. The first-order valence-corrected chi connectivity index (χ1v) is 6.73. The van der Waals surface area contributed by atoms with E-state index < -0.39 is 0 Å². The zero-order valence-electron chi connectivity index (χ0n) is 9.94. The van der Waals surface area contributed by atoms with E-state index in [4.69, 9.17) is 9.47 Å². The van der Waals surface area contributed by atoms with E-state index in [1.165, 1.54) is 11.5 Å². The highest BCUT2D eigenvalue weighted by Gasteiger charge is 2.09. The Hall–Kier alpha value is -1.34. The van der Waals surface area contributed by atoms with Gasteiger partial charge in [-0.25, -0.2) is 0 Å². The largest absolute Gasteiger partial charge is 0.493 e. The zero-order valence-corrected chi connectivity index (χ0v) is 12.3. The maximum absolute atomic E-state index is 5.27. The summed E-state index contributed by atoms with van der Waals surface area (Å²) in [5, 5.41) is 7.93. The molecular formula is C11H12BrN3O2S. The topological polar surface area (TPSA) is 56.3 Å². The van der Waals surface area contributed by atoms with Crippen LogP contribution in [-0.4, -0.2) is 23.8 Å². The van der Waals surface area contributed by atoms with Gasteiger partial charge in [0.1, 0.15) is 5.00 Å². The molecule has 2 aromatic rings. The van der Waals surface area contributed by atoms with E-state index in [2.05, 4.69) is 30.8 Å². The second kappa shape index (κ2) is 6.01. The van der Waals surface area contributed by atoms with Gasteiger partial charge in [-0.3, -0.25) is 0 Å². The van der Waals surface area contributed by atoms with Gasteiger partial charge in [0.05, 0.1) is 20.4 Å². The molecule has 0 fully saturated rings. The molecule has 0 saturated carbocycles. The van der Waals surface area contributed by atoms with Crippen LogP contribution in [0.5, 0.6) is 11.5 Å². The Morgan fingerprint density at radius 3 is 2.61 bits per heavy atom. The highest BCUT2D eigenvalue weighted by atomic mass is 79.9. The summed E-state index contributed by atoms with van der Waals surface area (Å²) in [6, 6.07) is 3.82. The number of halogens is 1. The van der Waals surface area contributed by atoms with Crippen molar-refractivity contribution in [2.24, 2.45) is 0 Å². The molecule has 2 rings (SSSR count). The van der Waals surface area contributed by atoms with Crippen LogP contribution >= 0.6 is 27.5 Å². The fraction of sp³-hybridized carbons (Fsp3) is 0.273. The van der Waals surface area contributed by atoms with E-state index in [1.807, 2.05) is 12.1 Å². The first-order valence-electron chi connectivity index (χ1n) is 5.16. The monoisotopic (exact) mass is 329 g/mol. The van der Waals surface area contributed by atoms with Crippen LogP contribution in [0.1, 0.15) is 5.56 Å². The lowest BCUT2D eigenvalue weighted by molar-refractivity contribution is 0.354. The molecule has 0 aliphatic heterocycles. The third kappa shape index (κ3) is 2.91. The van der Waals surface area contributed by atoms with Crippen molar-refractivity contribution in [2.75, 3.05) is 19.5 Å². The summed E-state index contributed by atoms with van der Waals surface area (Å²) in [6.45, 7) is 0.658. The molecule has 0 saturated heterocycles. The van der Waals surface area contributed by atoms with Crippen LogP contribution in [0.15, 0.2) is 22.8 Å². The molecule has 1 heterocycles. The number of ether oxygens (including phenoxy) is 2. The minimum atomic E-state index is 0.658. The van der Waals surface area contributed by atoms with Gasteiger partial charge in [0.15, 0.2) is 11.5 Å². The van der Waals surface area contributed by atoms with Crippen molar-refractivity contribution in [1.29, 1.82) is 0 Å². The van der Waals surface area contributed by atoms with Gasteiger partial charge in [0, 0.05) is 22.5 Å². The SMILES string of the molecule is COc1cc(Br)c(CNc2cnns2)cc1OC. The number of aromatic nitrogens is 2. The quantitative estimate of drug-likeness (QED) is 0.913. The molecule has 0 radical (unpaired) electrons. The van der Waals surface area contributed by atoms with Crippen LogP contribution in [0.4, 0.5) is 5.00 Å². The van der Waals surface area contributed by atoms with Gasteiger partial charge in [-0.2, -0.15) is 0 Å². The average molecular weight is 330 g/mol. The molecule has 0 aliphatic carbocycles. The van der Waals surface area contributed by atoms with Crippen LogP contribution in [0.3, 0.4) is 0 Å².